The minimum absolute atomic E-state index is 0.0207. The van der Waals surface area contributed by atoms with Crippen LogP contribution in [0.5, 0.6) is 5.75 Å². The van der Waals surface area contributed by atoms with Crippen LogP contribution in [-0.2, 0) is 9.47 Å². The molecule has 1 unspecified atom stereocenters. The Hall–Kier alpha value is -1.39. The Bertz CT molecular complexity index is 416. The Morgan fingerprint density at radius 2 is 1.94 bits per heavy atom. The third-order valence-electron chi connectivity index (χ3n) is 3.07. The number of ether oxygens (including phenoxy) is 3. The van der Waals surface area contributed by atoms with Gasteiger partial charge in [0.2, 0.25) is 0 Å². The summed E-state index contributed by atoms with van der Waals surface area (Å²) in [6.45, 7) is 1.40. The van der Waals surface area contributed by atoms with Gasteiger partial charge in [-0.2, -0.15) is 0 Å². The van der Waals surface area contributed by atoms with E-state index in [1.165, 1.54) is 0 Å². The van der Waals surface area contributed by atoms with E-state index in [-0.39, 0.29) is 5.78 Å². The predicted molar refractivity (Wildman–Crippen MR) is 65.0 cm³/mol. The first-order valence-electron chi connectivity index (χ1n) is 6.33. The van der Waals surface area contributed by atoms with Gasteiger partial charge in [-0.15, -0.1) is 0 Å². The first-order valence-corrected chi connectivity index (χ1v) is 6.33. The van der Waals surface area contributed by atoms with Gasteiger partial charge in [0.15, 0.2) is 5.78 Å². The molecular weight excluding hydrogens is 232 g/mol. The van der Waals surface area contributed by atoms with E-state index in [2.05, 4.69) is 0 Å². The van der Waals surface area contributed by atoms with Crippen molar-refractivity contribution in [2.24, 2.45) is 0 Å². The first kappa shape index (κ1) is 11.7. The van der Waals surface area contributed by atoms with Crippen molar-refractivity contribution in [1.82, 2.24) is 0 Å². The summed E-state index contributed by atoms with van der Waals surface area (Å²) in [5.41, 5.74) is 0.647. The molecule has 1 atom stereocenters. The molecule has 0 N–H and O–H groups in total. The summed E-state index contributed by atoms with van der Waals surface area (Å²) < 4.78 is 16.3. The number of hydrogen-bond donors (Lipinski definition) is 0. The molecule has 1 aromatic carbocycles. The fourth-order valence-electron chi connectivity index (χ4n) is 1.90. The molecule has 96 valence electrons. The highest BCUT2D eigenvalue weighted by Crippen LogP contribution is 2.27. The number of carbonyl (C=O) groups is 1. The largest absolute Gasteiger partial charge is 0.490 e. The molecule has 0 radical (unpaired) electrons. The SMILES string of the molecule is O=C(c1ccc(OC2CC2)cc1)C1COCCO1. The van der Waals surface area contributed by atoms with E-state index in [1.54, 1.807) is 12.1 Å². The lowest BCUT2D eigenvalue weighted by atomic mass is 10.1. The van der Waals surface area contributed by atoms with Gasteiger partial charge in [-0.3, -0.25) is 4.79 Å². The van der Waals surface area contributed by atoms with Crippen LogP contribution in [0.25, 0.3) is 0 Å². The summed E-state index contributed by atoms with van der Waals surface area (Å²) in [6.07, 6.45) is 2.18. The average molecular weight is 248 g/mol. The molecule has 0 amide bonds. The zero-order valence-corrected chi connectivity index (χ0v) is 10.1. The van der Waals surface area contributed by atoms with Crippen molar-refractivity contribution in [3.8, 4) is 5.75 Å². The molecule has 1 aliphatic heterocycles. The Kier molecular flexibility index (Phi) is 3.30. The molecule has 4 nitrogen and oxygen atoms in total. The van der Waals surface area contributed by atoms with Crippen molar-refractivity contribution in [2.75, 3.05) is 19.8 Å². The highest BCUT2D eigenvalue weighted by Gasteiger charge is 2.25. The van der Waals surface area contributed by atoms with Gasteiger partial charge < -0.3 is 14.2 Å². The Morgan fingerprint density at radius 1 is 1.17 bits per heavy atom. The maximum atomic E-state index is 12.1. The van der Waals surface area contributed by atoms with Crippen LogP contribution in [0.1, 0.15) is 23.2 Å². The molecule has 3 rings (SSSR count). The number of ketones is 1. The standard InChI is InChI=1S/C14H16O4/c15-14(13-9-16-7-8-17-13)10-1-3-11(4-2-10)18-12-5-6-12/h1-4,12-13H,5-9H2. The van der Waals surface area contributed by atoms with E-state index < -0.39 is 6.10 Å². The molecule has 18 heavy (non-hydrogen) atoms. The summed E-state index contributed by atoms with van der Waals surface area (Å²) in [4.78, 5) is 12.1. The van der Waals surface area contributed by atoms with Gasteiger partial charge in [0.25, 0.3) is 0 Å². The van der Waals surface area contributed by atoms with Crippen molar-refractivity contribution >= 4 is 5.78 Å². The molecule has 1 aromatic rings. The molecule has 4 heteroatoms. The summed E-state index contributed by atoms with van der Waals surface area (Å²) >= 11 is 0. The number of benzene rings is 1. The summed E-state index contributed by atoms with van der Waals surface area (Å²) in [5.74, 6) is 0.808. The van der Waals surface area contributed by atoms with Crippen molar-refractivity contribution in [3.63, 3.8) is 0 Å². The van der Waals surface area contributed by atoms with E-state index >= 15 is 0 Å². The number of carbonyl (C=O) groups excluding carboxylic acids is 1. The van der Waals surface area contributed by atoms with E-state index in [0.717, 1.165) is 18.6 Å². The molecule has 1 aliphatic carbocycles. The fraction of sp³-hybridized carbons (Fsp3) is 0.500. The molecule has 0 aromatic heterocycles. The zero-order chi connectivity index (χ0) is 12.4. The molecule has 2 aliphatic rings. The van der Waals surface area contributed by atoms with E-state index in [4.69, 9.17) is 14.2 Å². The highest BCUT2D eigenvalue weighted by molar-refractivity contribution is 5.99. The molecule has 1 saturated carbocycles. The van der Waals surface area contributed by atoms with E-state index in [9.17, 15) is 4.79 Å². The summed E-state index contributed by atoms with van der Waals surface area (Å²) in [7, 11) is 0. The number of hydrogen-bond acceptors (Lipinski definition) is 4. The lowest BCUT2D eigenvalue weighted by Gasteiger charge is -2.21. The molecule has 0 bridgehead atoms. The minimum Gasteiger partial charge on any atom is -0.490 e. The smallest absolute Gasteiger partial charge is 0.193 e. The average Bonchev–Trinajstić information content (AvgIpc) is 3.24. The van der Waals surface area contributed by atoms with Crippen LogP contribution in [-0.4, -0.2) is 37.8 Å². The van der Waals surface area contributed by atoms with E-state index in [1.807, 2.05) is 12.1 Å². The molecule has 0 spiro atoms. The predicted octanol–water partition coefficient (Wildman–Crippen LogP) is 1.83. The van der Waals surface area contributed by atoms with Gasteiger partial charge in [-0.25, -0.2) is 0 Å². The Morgan fingerprint density at radius 3 is 2.56 bits per heavy atom. The highest BCUT2D eigenvalue weighted by atomic mass is 16.6. The molecule has 2 fully saturated rings. The van der Waals surface area contributed by atoms with Gasteiger partial charge in [-0.1, -0.05) is 0 Å². The molecule has 1 saturated heterocycles. The van der Waals surface area contributed by atoms with Crippen LogP contribution >= 0.6 is 0 Å². The number of Topliss-reactive ketones (excluding diaryl/α,β-unsaturated/α-hetero) is 1. The summed E-state index contributed by atoms with van der Waals surface area (Å²) in [6, 6.07) is 7.26. The first-order chi connectivity index (χ1) is 8.83. The monoisotopic (exact) mass is 248 g/mol. The van der Waals surface area contributed by atoms with E-state index in [0.29, 0.717) is 31.5 Å². The van der Waals surface area contributed by atoms with Crippen molar-refractivity contribution < 1.29 is 19.0 Å². The topological polar surface area (TPSA) is 44.8 Å². The quantitative estimate of drug-likeness (QED) is 0.762. The van der Waals surface area contributed by atoms with Crippen LogP contribution in [0, 0.1) is 0 Å². The maximum absolute atomic E-state index is 12.1. The minimum atomic E-state index is -0.464. The van der Waals surface area contributed by atoms with Crippen LogP contribution < -0.4 is 4.74 Å². The lowest BCUT2D eigenvalue weighted by molar-refractivity contribution is -0.0719. The van der Waals surface area contributed by atoms with Crippen LogP contribution in [0.15, 0.2) is 24.3 Å². The van der Waals surface area contributed by atoms with Crippen LogP contribution in [0.3, 0.4) is 0 Å². The molecular formula is C14H16O4. The third kappa shape index (κ3) is 2.71. The van der Waals surface area contributed by atoms with Gasteiger partial charge in [0, 0.05) is 5.56 Å². The van der Waals surface area contributed by atoms with Crippen molar-refractivity contribution in [3.05, 3.63) is 29.8 Å². The third-order valence-corrected chi connectivity index (χ3v) is 3.07. The zero-order valence-electron chi connectivity index (χ0n) is 10.1. The van der Waals surface area contributed by atoms with Crippen LogP contribution in [0.2, 0.25) is 0 Å². The second kappa shape index (κ2) is 5.08. The number of rotatable bonds is 4. The normalized spacial score (nSPS) is 23.7. The van der Waals surface area contributed by atoms with Crippen molar-refractivity contribution in [2.45, 2.75) is 25.0 Å². The fourth-order valence-corrected chi connectivity index (χ4v) is 1.90. The lowest BCUT2D eigenvalue weighted by Crippen LogP contribution is -2.35. The Labute approximate surface area is 106 Å². The Balaban J connectivity index is 1.65. The summed E-state index contributed by atoms with van der Waals surface area (Å²) in [5, 5.41) is 0. The van der Waals surface area contributed by atoms with Gasteiger partial charge in [-0.05, 0) is 37.1 Å². The van der Waals surface area contributed by atoms with Gasteiger partial charge >= 0.3 is 0 Å². The second-order valence-electron chi connectivity index (χ2n) is 4.64. The molecule has 1 heterocycles. The van der Waals surface area contributed by atoms with Crippen LogP contribution in [0.4, 0.5) is 0 Å². The van der Waals surface area contributed by atoms with Crippen molar-refractivity contribution in [1.29, 1.82) is 0 Å². The maximum Gasteiger partial charge on any atom is 0.193 e. The van der Waals surface area contributed by atoms with Gasteiger partial charge in [0.1, 0.15) is 11.9 Å². The second-order valence-corrected chi connectivity index (χ2v) is 4.64. The van der Waals surface area contributed by atoms with Gasteiger partial charge in [0.05, 0.1) is 25.9 Å².